The van der Waals surface area contributed by atoms with Gasteiger partial charge in [-0.2, -0.15) is 14.9 Å². The molecule has 4 aromatic heterocycles. The molecule has 5 rings (SSSR count). The molecule has 0 saturated carbocycles. The van der Waals surface area contributed by atoms with Crippen LogP contribution in [0.4, 0.5) is 15.9 Å². The lowest BCUT2D eigenvalue weighted by molar-refractivity contribution is -0.142. The lowest BCUT2D eigenvalue weighted by Gasteiger charge is -2.20. The van der Waals surface area contributed by atoms with Gasteiger partial charge >= 0.3 is 5.97 Å². The fourth-order valence-corrected chi connectivity index (χ4v) is 4.59. The molecule has 0 spiro atoms. The fourth-order valence-electron chi connectivity index (χ4n) is 4.59. The van der Waals surface area contributed by atoms with E-state index in [1.54, 1.807) is 36.3 Å². The maximum atomic E-state index is 15.4. The molecule has 0 radical (unpaired) electrons. The molecular formula is C30H31FN8O4. The Bertz CT molecular complexity index is 1990. The zero-order chi connectivity index (χ0) is 31.1. The molecule has 0 amide bonds. The third kappa shape index (κ3) is 5.78. The number of ether oxygens (including phenoxy) is 1. The van der Waals surface area contributed by atoms with Crippen LogP contribution < -0.4 is 16.4 Å². The quantitative estimate of drug-likeness (QED) is 0.280. The molecule has 0 bridgehead atoms. The van der Waals surface area contributed by atoms with E-state index >= 15 is 4.39 Å². The van der Waals surface area contributed by atoms with Crippen LogP contribution >= 0.6 is 0 Å². The SMILES string of the molecule is CCn1cc(Nc2nc(-c3ccnc(-n4ncc5cc(C(C)(C)C)cc(F)c5c4=O)c3COC(C)=O)cn(C)c2=O)cn1. The largest absolute Gasteiger partial charge is 0.461 e. The van der Waals surface area contributed by atoms with Gasteiger partial charge in [-0.1, -0.05) is 20.8 Å². The average molecular weight is 587 g/mol. The minimum Gasteiger partial charge on any atom is -0.461 e. The summed E-state index contributed by atoms with van der Waals surface area (Å²) < 4.78 is 24.7. The van der Waals surface area contributed by atoms with Crippen LogP contribution in [0.15, 0.2) is 58.8 Å². The number of benzene rings is 1. The summed E-state index contributed by atoms with van der Waals surface area (Å²) in [6.45, 7) is 9.40. The predicted molar refractivity (Wildman–Crippen MR) is 159 cm³/mol. The van der Waals surface area contributed by atoms with Crippen LogP contribution in [0.3, 0.4) is 0 Å². The Morgan fingerprint density at radius 2 is 1.86 bits per heavy atom. The number of anilines is 2. The molecule has 0 saturated heterocycles. The number of carbonyl (C=O) groups excluding carboxylic acids is 1. The number of pyridine rings is 1. The second-order valence-electron chi connectivity index (χ2n) is 11.1. The third-order valence-corrected chi connectivity index (χ3v) is 6.93. The van der Waals surface area contributed by atoms with Crippen molar-refractivity contribution in [3.8, 4) is 17.1 Å². The van der Waals surface area contributed by atoms with Gasteiger partial charge in [0, 0.05) is 55.6 Å². The van der Waals surface area contributed by atoms with E-state index in [2.05, 4.69) is 25.5 Å². The summed E-state index contributed by atoms with van der Waals surface area (Å²) in [5.74, 6) is -1.18. The van der Waals surface area contributed by atoms with Gasteiger partial charge in [-0.15, -0.1) is 0 Å². The van der Waals surface area contributed by atoms with Crippen LogP contribution in [0.2, 0.25) is 0 Å². The molecule has 43 heavy (non-hydrogen) atoms. The second-order valence-corrected chi connectivity index (χ2v) is 11.1. The molecule has 0 atom stereocenters. The van der Waals surface area contributed by atoms with Crippen LogP contribution in [0.25, 0.3) is 27.8 Å². The van der Waals surface area contributed by atoms with Gasteiger partial charge in [0.1, 0.15) is 12.4 Å². The first-order chi connectivity index (χ1) is 20.4. The van der Waals surface area contributed by atoms with E-state index in [0.29, 0.717) is 28.9 Å². The van der Waals surface area contributed by atoms with Crippen molar-refractivity contribution in [2.75, 3.05) is 5.32 Å². The Balaban J connectivity index is 1.69. The second kappa shape index (κ2) is 11.2. The highest BCUT2D eigenvalue weighted by Crippen LogP contribution is 2.29. The van der Waals surface area contributed by atoms with Crippen molar-refractivity contribution >= 4 is 28.2 Å². The Hall–Kier alpha value is -5.20. The Kier molecular flexibility index (Phi) is 7.65. The summed E-state index contributed by atoms with van der Waals surface area (Å²) in [6, 6.07) is 4.72. The highest BCUT2D eigenvalue weighted by Gasteiger charge is 2.22. The number of aryl methyl sites for hydroxylation is 2. The van der Waals surface area contributed by atoms with Crippen molar-refractivity contribution in [1.29, 1.82) is 0 Å². The average Bonchev–Trinajstić information content (AvgIpc) is 3.41. The molecule has 222 valence electrons. The molecule has 1 N–H and O–H groups in total. The molecule has 0 unspecified atom stereocenters. The monoisotopic (exact) mass is 586 g/mol. The third-order valence-electron chi connectivity index (χ3n) is 6.93. The van der Waals surface area contributed by atoms with Crippen LogP contribution in [0, 0.1) is 5.82 Å². The number of carbonyl (C=O) groups is 1. The van der Waals surface area contributed by atoms with Gasteiger partial charge in [0.2, 0.25) is 0 Å². The molecule has 0 aliphatic rings. The minimum absolute atomic E-state index is 0.0272. The Labute approximate surface area is 245 Å². The number of halogens is 1. The standard InChI is InChI=1S/C30H31FN8O4/c1-7-38-14-20(13-33-38)35-26-29(42)37(6)15-24(36-26)21-8-9-32-27(22(21)16-43-17(2)40)39-28(41)25-18(12-34-39)10-19(11-23(25)31)30(3,4)5/h8-15H,7,16H2,1-6H3,(H,35,36). The number of aromatic nitrogens is 7. The normalized spacial score (nSPS) is 11.6. The van der Waals surface area contributed by atoms with Gasteiger partial charge in [0.15, 0.2) is 11.6 Å². The number of nitrogens with one attached hydrogen (secondary N) is 1. The number of rotatable bonds is 7. The van der Waals surface area contributed by atoms with E-state index in [1.807, 2.05) is 27.7 Å². The lowest BCUT2D eigenvalue weighted by Crippen LogP contribution is -2.25. The molecule has 13 heteroatoms. The minimum atomic E-state index is -0.729. The van der Waals surface area contributed by atoms with Crippen molar-refractivity contribution < 1.29 is 13.9 Å². The topological polar surface area (TPSA) is 139 Å². The highest BCUT2D eigenvalue weighted by molar-refractivity contribution is 5.83. The zero-order valence-electron chi connectivity index (χ0n) is 24.7. The summed E-state index contributed by atoms with van der Waals surface area (Å²) in [4.78, 5) is 47.4. The van der Waals surface area contributed by atoms with Crippen LogP contribution in [0.5, 0.6) is 0 Å². The smallest absolute Gasteiger partial charge is 0.302 e. The number of hydrogen-bond acceptors (Lipinski definition) is 9. The maximum Gasteiger partial charge on any atom is 0.302 e. The number of esters is 1. The molecule has 1 aromatic carbocycles. The van der Waals surface area contributed by atoms with Crippen molar-refractivity contribution in [3.63, 3.8) is 0 Å². The first-order valence-electron chi connectivity index (χ1n) is 13.6. The first-order valence-corrected chi connectivity index (χ1v) is 13.6. The highest BCUT2D eigenvalue weighted by atomic mass is 19.1. The van der Waals surface area contributed by atoms with Gasteiger partial charge < -0.3 is 14.6 Å². The Morgan fingerprint density at radius 1 is 1.09 bits per heavy atom. The molecule has 0 aliphatic carbocycles. The molecule has 5 aromatic rings. The number of fused-ring (bicyclic) bond motifs is 1. The van der Waals surface area contributed by atoms with Gasteiger partial charge in [-0.25, -0.2) is 14.4 Å². The van der Waals surface area contributed by atoms with Crippen molar-refractivity contribution in [2.45, 2.75) is 53.2 Å². The van der Waals surface area contributed by atoms with Crippen LogP contribution in [-0.2, 0) is 35.1 Å². The summed E-state index contributed by atoms with van der Waals surface area (Å²) >= 11 is 0. The van der Waals surface area contributed by atoms with Crippen LogP contribution in [0.1, 0.15) is 45.7 Å². The van der Waals surface area contributed by atoms with Gasteiger partial charge in [-0.05, 0) is 36.1 Å². The van der Waals surface area contributed by atoms with E-state index in [-0.39, 0.29) is 40.2 Å². The van der Waals surface area contributed by atoms with Crippen molar-refractivity contribution in [3.05, 3.63) is 86.8 Å². The van der Waals surface area contributed by atoms with E-state index < -0.39 is 17.3 Å². The number of nitrogens with zero attached hydrogens (tertiary/aromatic N) is 7. The predicted octanol–water partition coefficient (Wildman–Crippen LogP) is 4.00. The van der Waals surface area contributed by atoms with Gasteiger partial charge in [0.25, 0.3) is 11.1 Å². The maximum absolute atomic E-state index is 15.4. The summed E-state index contributed by atoms with van der Waals surface area (Å²) in [6.07, 6.45) is 7.68. The summed E-state index contributed by atoms with van der Waals surface area (Å²) in [5, 5.41) is 11.7. The van der Waals surface area contributed by atoms with Crippen LogP contribution in [-0.4, -0.2) is 40.1 Å². The molecule has 0 aliphatic heterocycles. The fraction of sp³-hybridized carbons (Fsp3) is 0.300. The lowest BCUT2D eigenvalue weighted by atomic mass is 9.86. The van der Waals surface area contributed by atoms with E-state index in [4.69, 9.17) is 4.74 Å². The van der Waals surface area contributed by atoms with Gasteiger partial charge in [0.05, 0.1) is 29.2 Å². The zero-order valence-corrected chi connectivity index (χ0v) is 24.7. The summed E-state index contributed by atoms with van der Waals surface area (Å²) in [5.41, 5.74) is 0.870. The van der Waals surface area contributed by atoms with E-state index in [1.165, 1.54) is 36.1 Å². The molecule has 4 heterocycles. The molecular weight excluding hydrogens is 555 g/mol. The van der Waals surface area contributed by atoms with Crippen molar-refractivity contribution in [1.82, 2.24) is 34.1 Å². The number of hydrogen-bond donors (Lipinski definition) is 1. The summed E-state index contributed by atoms with van der Waals surface area (Å²) in [7, 11) is 1.58. The van der Waals surface area contributed by atoms with E-state index in [9.17, 15) is 14.4 Å². The molecule has 12 nitrogen and oxygen atoms in total. The van der Waals surface area contributed by atoms with E-state index in [0.717, 1.165) is 10.2 Å². The Morgan fingerprint density at radius 3 is 2.53 bits per heavy atom. The van der Waals surface area contributed by atoms with Crippen molar-refractivity contribution in [2.24, 2.45) is 7.05 Å². The molecule has 0 fully saturated rings. The first kappa shape index (κ1) is 29.3. The van der Waals surface area contributed by atoms with Gasteiger partial charge in [-0.3, -0.25) is 19.1 Å².